The highest BCUT2D eigenvalue weighted by Gasteiger charge is 2.19. The Kier molecular flexibility index (Phi) is 6.74. The standard InChI is InChI=1S/C25H22ClN3O3S2/c1-4-13-29-22-14-16(2)17(3)15-23(22)33-25(29)27-24(30)20-7-5-6-8-21(20)28-34(31,32)19-11-9-18(26)10-12-19/h4-12,14-15,28H,1,13H2,2-3H3. The summed E-state index contributed by atoms with van der Waals surface area (Å²) < 4.78 is 31.1. The van der Waals surface area contributed by atoms with Crippen molar-refractivity contribution in [1.29, 1.82) is 0 Å². The number of hydrogen-bond donors (Lipinski definition) is 1. The maximum absolute atomic E-state index is 13.2. The third-order valence-electron chi connectivity index (χ3n) is 5.33. The number of benzene rings is 3. The molecule has 0 aliphatic rings. The molecule has 0 aliphatic carbocycles. The van der Waals surface area contributed by atoms with Gasteiger partial charge in [0, 0.05) is 11.6 Å². The lowest BCUT2D eigenvalue weighted by Crippen LogP contribution is -2.18. The highest BCUT2D eigenvalue weighted by Crippen LogP contribution is 2.24. The number of para-hydroxylation sites is 1. The van der Waals surface area contributed by atoms with E-state index in [1.165, 1.54) is 41.7 Å². The lowest BCUT2D eigenvalue weighted by atomic mass is 10.1. The Labute approximate surface area is 206 Å². The van der Waals surface area contributed by atoms with Crippen LogP contribution in [0.4, 0.5) is 5.69 Å². The fourth-order valence-electron chi connectivity index (χ4n) is 3.44. The number of fused-ring (bicyclic) bond motifs is 1. The molecule has 0 unspecified atom stereocenters. The minimum Gasteiger partial charge on any atom is -0.312 e. The number of carbonyl (C=O) groups is 1. The van der Waals surface area contributed by atoms with E-state index in [0.717, 1.165) is 21.3 Å². The van der Waals surface area contributed by atoms with Gasteiger partial charge in [-0.15, -0.1) is 6.58 Å². The summed E-state index contributed by atoms with van der Waals surface area (Å²) in [5.41, 5.74) is 3.56. The normalized spacial score (nSPS) is 12.1. The van der Waals surface area contributed by atoms with Gasteiger partial charge in [0.1, 0.15) is 0 Å². The van der Waals surface area contributed by atoms with Gasteiger partial charge >= 0.3 is 0 Å². The average Bonchev–Trinajstić information content (AvgIpc) is 3.10. The predicted molar refractivity (Wildman–Crippen MR) is 138 cm³/mol. The van der Waals surface area contributed by atoms with Gasteiger partial charge in [0.2, 0.25) is 0 Å². The molecule has 4 aromatic rings. The number of sulfonamides is 1. The molecule has 0 spiro atoms. The fourth-order valence-corrected chi connectivity index (χ4v) is 5.76. The topological polar surface area (TPSA) is 80.5 Å². The first kappa shape index (κ1) is 23.9. The van der Waals surface area contributed by atoms with Crippen LogP contribution in [0.3, 0.4) is 0 Å². The predicted octanol–water partition coefficient (Wildman–Crippen LogP) is 5.70. The average molecular weight is 512 g/mol. The number of rotatable bonds is 6. The summed E-state index contributed by atoms with van der Waals surface area (Å²) in [4.78, 5) is 18.1. The molecule has 1 N–H and O–H groups in total. The Morgan fingerprint density at radius 3 is 2.50 bits per heavy atom. The number of nitrogens with zero attached hydrogens (tertiary/aromatic N) is 2. The van der Waals surface area contributed by atoms with Crippen molar-refractivity contribution in [2.24, 2.45) is 4.99 Å². The number of hydrogen-bond acceptors (Lipinski definition) is 4. The summed E-state index contributed by atoms with van der Waals surface area (Å²) in [5, 5.41) is 0.426. The van der Waals surface area contributed by atoms with Crippen LogP contribution in [0, 0.1) is 13.8 Å². The molecule has 1 amide bonds. The van der Waals surface area contributed by atoms with E-state index in [1.807, 2.05) is 18.4 Å². The highest BCUT2D eigenvalue weighted by molar-refractivity contribution is 7.92. The van der Waals surface area contributed by atoms with E-state index in [9.17, 15) is 13.2 Å². The smallest absolute Gasteiger partial charge is 0.281 e. The van der Waals surface area contributed by atoms with Crippen molar-refractivity contribution in [3.63, 3.8) is 0 Å². The van der Waals surface area contributed by atoms with Crippen LogP contribution >= 0.6 is 22.9 Å². The summed E-state index contributed by atoms with van der Waals surface area (Å²) in [5.74, 6) is -0.549. The molecule has 9 heteroatoms. The number of aryl methyl sites for hydroxylation is 2. The van der Waals surface area contributed by atoms with Gasteiger partial charge in [0.15, 0.2) is 4.80 Å². The van der Waals surface area contributed by atoms with Gasteiger partial charge in [-0.2, -0.15) is 4.99 Å². The van der Waals surface area contributed by atoms with Crippen molar-refractivity contribution >= 4 is 54.8 Å². The largest absolute Gasteiger partial charge is 0.312 e. The fraction of sp³-hybridized carbons (Fsp3) is 0.120. The molecule has 0 saturated carbocycles. The maximum atomic E-state index is 13.2. The first-order valence-electron chi connectivity index (χ1n) is 10.4. The van der Waals surface area contributed by atoms with E-state index in [2.05, 4.69) is 28.4 Å². The Bertz CT molecular complexity index is 1580. The van der Waals surface area contributed by atoms with Crippen LogP contribution in [0.2, 0.25) is 5.02 Å². The third-order valence-corrected chi connectivity index (χ3v) is 8.01. The number of nitrogens with one attached hydrogen (secondary N) is 1. The molecule has 4 rings (SSSR count). The third kappa shape index (κ3) is 4.84. The molecule has 0 fully saturated rings. The molecule has 1 aromatic heterocycles. The SMILES string of the molecule is C=CCn1c(=NC(=O)c2ccccc2NS(=O)(=O)c2ccc(Cl)cc2)sc2cc(C)c(C)cc21. The minimum absolute atomic E-state index is 0.0372. The molecule has 6 nitrogen and oxygen atoms in total. The second kappa shape index (κ2) is 9.58. The zero-order valence-electron chi connectivity index (χ0n) is 18.6. The monoisotopic (exact) mass is 511 g/mol. The zero-order chi connectivity index (χ0) is 24.5. The van der Waals surface area contributed by atoms with Gasteiger partial charge in [-0.05, 0) is 73.5 Å². The zero-order valence-corrected chi connectivity index (χ0v) is 21.0. The van der Waals surface area contributed by atoms with Crippen LogP contribution in [0.25, 0.3) is 10.2 Å². The van der Waals surface area contributed by atoms with Crippen LogP contribution in [0.5, 0.6) is 0 Å². The van der Waals surface area contributed by atoms with Crippen LogP contribution in [0.15, 0.2) is 83.2 Å². The molecule has 174 valence electrons. The molecule has 1 heterocycles. The van der Waals surface area contributed by atoms with Crippen LogP contribution < -0.4 is 9.52 Å². The van der Waals surface area contributed by atoms with Crippen molar-refractivity contribution in [2.45, 2.75) is 25.3 Å². The number of halogens is 1. The van der Waals surface area contributed by atoms with Gasteiger partial charge in [-0.1, -0.05) is 41.1 Å². The number of carbonyl (C=O) groups excluding carboxylic acids is 1. The molecule has 0 aliphatic heterocycles. The molecule has 0 bridgehead atoms. The molecule has 0 atom stereocenters. The Morgan fingerprint density at radius 2 is 1.79 bits per heavy atom. The quantitative estimate of drug-likeness (QED) is 0.337. The van der Waals surface area contributed by atoms with Crippen molar-refractivity contribution in [3.05, 3.63) is 99.8 Å². The summed E-state index contributed by atoms with van der Waals surface area (Å²) in [6.45, 7) is 8.38. The Balaban J connectivity index is 1.77. The molecule has 0 radical (unpaired) electrons. The molecule has 3 aromatic carbocycles. The molecule has 0 saturated heterocycles. The highest BCUT2D eigenvalue weighted by atomic mass is 35.5. The van der Waals surface area contributed by atoms with Crippen molar-refractivity contribution in [2.75, 3.05) is 4.72 Å². The summed E-state index contributed by atoms with van der Waals surface area (Å²) in [6, 6.07) is 16.3. The van der Waals surface area contributed by atoms with Crippen molar-refractivity contribution in [3.8, 4) is 0 Å². The molecular formula is C25H22ClN3O3S2. The summed E-state index contributed by atoms with van der Waals surface area (Å²) >= 11 is 7.27. The lowest BCUT2D eigenvalue weighted by molar-refractivity contribution is 0.0998. The van der Waals surface area contributed by atoms with E-state index in [1.54, 1.807) is 24.3 Å². The first-order valence-corrected chi connectivity index (χ1v) is 13.1. The second-order valence-electron chi connectivity index (χ2n) is 7.71. The number of thiazole rings is 1. The van der Waals surface area contributed by atoms with E-state index in [-0.39, 0.29) is 16.1 Å². The maximum Gasteiger partial charge on any atom is 0.281 e. The first-order chi connectivity index (χ1) is 16.2. The van der Waals surface area contributed by atoms with Gasteiger partial charge in [-0.25, -0.2) is 8.42 Å². The van der Waals surface area contributed by atoms with Gasteiger partial charge < -0.3 is 4.57 Å². The van der Waals surface area contributed by atoms with Crippen LogP contribution in [0.1, 0.15) is 21.5 Å². The van der Waals surface area contributed by atoms with Gasteiger partial charge in [0.25, 0.3) is 15.9 Å². The number of anilines is 1. The van der Waals surface area contributed by atoms with Crippen molar-refractivity contribution in [1.82, 2.24) is 4.57 Å². The van der Waals surface area contributed by atoms with Gasteiger partial charge in [0.05, 0.1) is 26.4 Å². The summed E-state index contributed by atoms with van der Waals surface area (Å²) in [7, 11) is -3.92. The molecular weight excluding hydrogens is 490 g/mol. The van der Waals surface area contributed by atoms with Crippen molar-refractivity contribution < 1.29 is 13.2 Å². The van der Waals surface area contributed by atoms with Gasteiger partial charge in [-0.3, -0.25) is 9.52 Å². The van der Waals surface area contributed by atoms with E-state index in [0.29, 0.717) is 16.4 Å². The summed E-state index contributed by atoms with van der Waals surface area (Å²) in [6.07, 6.45) is 1.75. The lowest BCUT2D eigenvalue weighted by Gasteiger charge is -2.11. The van der Waals surface area contributed by atoms with E-state index in [4.69, 9.17) is 11.6 Å². The Morgan fingerprint density at radius 1 is 1.12 bits per heavy atom. The van der Waals surface area contributed by atoms with E-state index >= 15 is 0 Å². The number of amides is 1. The molecule has 34 heavy (non-hydrogen) atoms. The minimum atomic E-state index is -3.92. The van der Waals surface area contributed by atoms with Crippen LogP contribution in [-0.4, -0.2) is 18.9 Å². The number of aromatic nitrogens is 1. The second-order valence-corrected chi connectivity index (χ2v) is 10.8. The van der Waals surface area contributed by atoms with E-state index < -0.39 is 15.9 Å². The number of allylic oxidation sites excluding steroid dienone is 1. The van der Waals surface area contributed by atoms with Crippen LogP contribution in [-0.2, 0) is 16.6 Å². The Hall–Kier alpha value is -3.20.